The summed E-state index contributed by atoms with van der Waals surface area (Å²) in [6, 6.07) is 15.3. The zero-order valence-corrected chi connectivity index (χ0v) is 16.5. The Bertz CT molecular complexity index is 1280. The van der Waals surface area contributed by atoms with Gasteiger partial charge in [0.15, 0.2) is 0 Å². The number of carbonyl (C=O) groups is 1. The van der Waals surface area contributed by atoms with Gasteiger partial charge in [0.05, 0.1) is 11.5 Å². The summed E-state index contributed by atoms with van der Waals surface area (Å²) in [5.74, 6) is -2.08. The largest absolute Gasteiger partial charge is 0.545 e. The molecular formula is C23H13F4O3S-. The fourth-order valence-corrected chi connectivity index (χ4v) is 4.30. The van der Waals surface area contributed by atoms with Gasteiger partial charge in [0.2, 0.25) is 0 Å². The van der Waals surface area contributed by atoms with Crippen molar-refractivity contribution < 1.29 is 32.2 Å². The van der Waals surface area contributed by atoms with Crippen molar-refractivity contribution in [2.24, 2.45) is 0 Å². The number of hydrogen-bond acceptors (Lipinski definition) is 4. The van der Waals surface area contributed by atoms with Crippen LogP contribution in [-0.4, -0.2) is 5.97 Å². The number of fused-ring (bicyclic) bond motifs is 1. The number of rotatable bonds is 5. The van der Waals surface area contributed by atoms with Crippen LogP contribution >= 0.6 is 11.3 Å². The standard InChI is InChI=1S/C23H14F4O3S/c24-17-8-14(7-15(9-17)22(28)29)20-6-1-3-13-10-19(31-21(13)20)12-30-18-5-2-4-16(11-18)23(25,26)27/h1-11H,12H2,(H,28,29)/p-1. The summed E-state index contributed by atoms with van der Waals surface area (Å²) < 4.78 is 58.8. The van der Waals surface area contributed by atoms with Crippen LogP contribution in [0.2, 0.25) is 0 Å². The van der Waals surface area contributed by atoms with Gasteiger partial charge in [-0.15, -0.1) is 11.3 Å². The highest BCUT2D eigenvalue weighted by atomic mass is 32.1. The number of hydrogen-bond donors (Lipinski definition) is 0. The quantitative estimate of drug-likeness (QED) is 0.372. The Balaban J connectivity index is 1.64. The van der Waals surface area contributed by atoms with E-state index in [9.17, 15) is 27.5 Å². The highest BCUT2D eigenvalue weighted by Gasteiger charge is 2.30. The molecule has 0 aliphatic rings. The van der Waals surface area contributed by atoms with Crippen molar-refractivity contribution in [2.75, 3.05) is 0 Å². The molecule has 0 spiro atoms. The highest BCUT2D eigenvalue weighted by molar-refractivity contribution is 7.19. The third-order valence-electron chi connectivity index (χ3n) is 4.58. The smallest absolute Gasteiger partial charge is 0.416 e. The van der Waals surface area contributed by atoms with Gasteiger partial charge in [-0.25, -0.2) is 4.39 Å². The SMILES string of the molecule is O=C([O-])c1cc(F)cc(-c2cccc3cc(COc4cccc(C(F)(F)F)c4)sc23)c1. The molecule has 31 heavy (non-hydrogen) atoms. The summed E-state index contributed by atoms with van der Waals surface area (Å²) in [5, 5.41) is 12.0. The lowest BCUT2D eigenvalue weighted by Gasteiger charge is -2.09. The second kappa shape index (κ2) is 8.03. The van der Waals surface area contributed by atoms with Crippen molar-refractivity contribution in [3.05, 3.63) is 88.6 Å². The molecule has 3 nitrogen and oxygen atoms in total. The molecule has 1 heterocycles. The van der Waals surface area contributed by atoms with Crippen LogP contribution in [0.4, 0.5) is 17.6 Å². The van der Waals surface area contributed by atoms with Crippen molar-refractivity contribution in [3.8, 4) is 16.9 Å². The summed E-state index contributed by atoms with van der Waals surface area (Å²) in [5.41, 5.74) is -0.0399. The molecule has 0 aliphatic heterocycles. The van der Waals surface area contributed by atoms with Crippen molar-refractivity contribution >= 4 is 27.4 Å². The predicted molar refractivity (Wildman–Crippen MR) is 107 cm³/mol. The Morgan fingerprint density at radius 3 is 2.52 bits per heavy atom. The van der Waals surface area contributed by atoms with Crippen LogP contribution in [0.25, 0.3) is 21.2 Å². The van der Waals surface area contributed by atoms with Gasteiger partial charge in [-0.1, -0.05) is 24.3 Å². The van der Waals surface area contributed by atoms with E-state index in [1.807, 2.05) is 12.1 Å². The maximum atomic E-state index is 13.9. The summed E-state index contributed by atoms with van der Waals surface area (Å²) in [6.45, 7) is 0.0492. The van der Waals surface area contributed by atoms with E-state index in [2.05, 4.69) is 0 Å². The monoisotopic (exact) mass is 445 g/mol. The van der Waals surface area contributed by atoms with Gasteiger partial charge in [-0.05, 0) is 59.0 Å². The number of ether oxygens (including phenoxy) is 1. The first kappa shape index (κ1) is 20.9. The zero-order chi connectivity index (χ0) is 22.2. The van der Waals surface area contributed by atoms with Gasteiger partial charge in [0.1, 0.15) is 18.2 Å². The van der Waals surface area contributed by atoms with Gasteiger partial charge in [0, 0.05) is 15.1 Å². The normalized spacial score (nSPS) is 11.6. The molecule has 0 fully saturated rings. The van der Waals surface area contributed by atoms with Gasteiger partial charge < -0.3 is 14.6 Å². The van der Waals surface area contributed by atoms with Crippen LogP contribution in [-0.2, 0) is 12.8 Å². The minimum atomic E-state index is -4.46. The van der Waals surface area contributed by atoms with Crippen LogP contribution < -0.4 is 9.84 Å². The molecular weight excluding hydrogens is 432 g/mol. The van der Waals surface area contributed by atoms with E-state index in [-0.39, 0.29) is 17.9 Å². The molecule has 158 valence electrons. The van der Waals surface area contributed by atoms with Gasteiger partial charge in [-0.3, -0.25) is 0 Å². The van der Waals surface area contributed by atoms with E-state index in [0.29, 0.717) is 11.1 Å². The number of halogens is 4. The van der Waals surface area contributed by atoms with Crippen molar-refractivity contribution in [1.82, 2.24) is 0 Å². The Hall–Kier alpha value is -3.39. The molecule has 0 amide bonds. The number of benzene rings is 3. The molecule has 4 aromatic rings. The number of aromatic carboxylic acids is 1. The summed E-state index contributed by atoms with van der Waals surface area (Å²) >= 11 is 1.34. The van der Waals surface area contributed by atoms with E-state index in [1.54, 1.807) is 12.1 Å². The Morgan fingerprint density at radius 1 is 1.00 bits per heavy atom. The van der Waals surface area contributed by atoms with E-state index < -0.39 is 23.5 Å². The second-order valence-corrected chi connectivity index (χ2v) is 7.90. The fraction of sp³-hybridized carbons (Fsp3) is 0.0870. The molecule has 0 unspecified atom stereocenters. The van der Waals surface area contributed by atoms with Crippen molar-refractivity contribution in [1.29, 1.82) is 0 Å². The molecule has 0 saturated carbocycles. The first-order valence-electron chi connectivity index (χ1n) is 9.04. The summed E-state index contributed by atoms with van der Waals surface area (Å²) in [6.07, 6.45) is -4.46. The predicted octanol–water partition coefficient (Wildman–Crippen LogP) is 5.67. The topological polar surface area (TPSA) is 49.4 Å². The number of thiophene rings is 1. The average Bonchev–Trinajstić information content (AvgIpc) is 3.14. The van der Waals surface area contributed by atoms with Crippen molar-refractivity contribution in [2.45, 2.75) is 12.8 Å². The maximum absolute atomic E-state index is 13.9. The summed E-state index contributed by atoms with van der Waals surface area (Å²) in [7, 11) is 0. The molecule has 0 N–H and O–H groups in total. The number of alkyl halides is 3. The first-order valence-corrected chi connectivity index (χ1v) is 9.86. The second-order valence-electron chi connectivity index (χ2n) is 6.77. The molecule has 0 saturated heterocycles. The minimum absolute atomic E-state index is 0.0492. The minimum Gasteiger partial charge on any atom is -0.545 e. The third-order valence-corrected chi connectivity index (χ3v) is 5.74. The molecule has 0 radical (unpaired) electrons. The molecule has 0 bridgehead atoms. The molecule has 4 rings (SSSR count). The van der Waals surface area contributed by atoms with E-state index in [0.717, 1.165) is 33.2 Å². The maximum Gasteiger partial charge on any atom is 0.416 e. The van der Waals surface area contributed by atoms with E-state index in [1.165, 1.54) is 35.6 Å². The Labute approximate surface area is 178 Å². The van der Waals surface area contributed by atoms with Crippen LogP contribution in [0, 0.1) is 5.82 Å². The van der Waals surface area contributed by atoms with Crippen molar-refractivity contribution in [3.63, 3.8) is 0 Å². The molecule has 3 aromatic carbocycles. The number of carbonyl (C=O) groups excluding carboxylic acids is 1. The zero-order valence-electron chi connectivity index (χ0n) is 15.7. The van der Waals surface area contributed by atoms with Crippen LogP contribution in [0.1, 0.15) is 20.8 Å². The van der Waals surface area contributed by atoms with Gasteiger partial charge >= 0.3 is 6.18 Å². The Morgan fingerprint density at radius 2 is 1.77 bits per heavy atom. The molecule has 0 atom stereocenters. The molecule has 8 heteroatoms. The van der Waals surface area contributed by atoms with Crippen LogP contribution in [0.3, 0.4) is 0 Å². The third kappa shape index (κ3) is 4.54. The lowest BCUT2D eigenvalue weighted by molar-refractivity contribution is -0.255. The average molecular weight is 445 g/mol. The lowest BCUT2D eigenvalue weighted by atomic mass is 10.0. The molecule has 0 aliphatic carbocycles. The highest BCUT2D eigenvalue weighted by Crippen LogP contribution is 2.36. The lowest BCUT2D eigenvalue weighted by Crippen LogP contribution is -2.22. The number of carboxylic acids is 1. The van der Waals surface area contributed by atoms with E-state index in [4.69, 9.17) is 4.74 Å². The number of carboxylic acid groups (broad SMARTS) is 1. The first-order chi connectivity index (χ1) is 14.7. The van der Waals surface area contributed by atoms with Gasteiger partial charge in [0.25, 0.3) is 0 Å². The summed E-state index contributed by atoms with van der Waals surface area (Å²) in [4.78, 5) is 11.9. The molecule has 1 aromatic heterocycles. The van der Waals surface area contributed by atoms with E-state index >= 15 is 0 Å². The van der Waals surface area contributed by atoms with Crippen LogP contribution in [0.5, 0.6) is 5.75 Å². The van der Waals surface area contributed by atoms with Crippen LogP contribution in [0.15, 0.2) is 66.7 Å². The fourth-order valence-electron chi connectivity index (χ4n) is 3.19. The Kier molecular flexibility index (Phi) is 5.41. The van der Waals surface area contributed by atoms with Gasteiger partial charge in [-0.2, -0.15) is 13.2 Å².